The molecule has 0 atom stereocenters. The van der Waals surface area contributed by atoms with E-state index >= 15 is 0 Å². The molecule has 68 valence electrons. The van der Waals surface area contributed by atoms with Gasteiger partial charge in [-0.15, -0.1) is 7.92 Å². The second-order valence-corrected chi connectivity index (χ2v) is 16.5. The van der Waals surface area contributed by atoms with Crippen LogP contribution in [-0.4, -0.2) is 39.9 Å². The summed E-state index contributed by atoms with van der Waals surface area (Å²) in [4.78, 5) is 0. The van der Waals surface area contributed by atoms with Gasteiger partial charge in [0.25, 0.3) is 0 Å². The van der Waals surface area contributed by atoms with Crippen LogP contribution in [0.3, 0.4) is 0 Å². The fraction of sp³-hybridized carbons (Fsp3) is 1.00. The molecule has 0 bridgehead atoms. The molecule has 0 saturated carbocycles. The van der Waals surface area contributed by atoms with E-state index in [4.69, 9.17) is 0 Å². The average molecular weight is 278 g/mol. The Bertz CT molecular complexity index is 52.3. The second-order valence-electron chi connectivity index (χ2n) is 3.35. The van der Waals surface area contributed by atoms with Crippen molar-refractivity contribution >= 4 is 29.4 Å². The molecule has 0 heterocycles. The third-order valence-corrected chi connectivity index (χ3v) is 4.02. The van der Waals surface area contributed by atoms with E-state index in [0.29, 0.717) is 7.92 Å². The van der Waals surface area contributed by atoms with Crippen molar-refractivity contribution in [3.05, 3.63) is 0 Å². The average Bonchev–Trinajstić information content (AvgIpc) is 1.90. The molecule has 0 aliphatic heterocycles. The molecular formula is C9H24InP. The van der Waals surface area contributed by atoms with Gasteiger partial charge in [0, 0.05) is 0 Å². The maximum absolute atomic E-state index is 2.38. The van der Waals surface area contributed by atoms with Gasteiger partial charge in [-0.3, -0.25) is 0 Å². The number of rotatable bonds is 3. The van der Waals surface area contributed by atoms with Gasteiger partial charge in [0.15, 0.2) is 0 Å². The molecule has 2 heteroatoms. The zero-order chi connectivity index (χ0) is 9.28. The molecule has 0 aromatic heterocycles. The predicted molar refractivity (Wildman–Crippen MR) is 61.9 cm³/mol. The van der Waals surface area contributed by atoms with E-state index in [1.54, 1.807) is 0 Å². The summed E-state index contributed by atoms with van der Waals surface area (Å²) < 4.78 is 7.13. The van der Waals surface area contributed by atoms with Gasteiger partial charge in [0.2, 0.25) is 0 Å². The first-order chi connectivity index (χ1) is 5.08. The van der Waals surface area contributed by atoms with Gasteiger partial charge in [-0.05, 0) is 18.5 Å². The molecule has 11 heavy (non-hydrogen) atoms. The molecule has 0 aromatic rings. The molecular weight excluding hydrogens is 254 g/mol. The van der Waals surface area contributed by atoms with Crippen LogP contribution in [0.25, 0.3) is 0 Å². The van der Waals surface area contributed by atoms with Crippen molar-refractivity contribution in [1.29, 1.82) is 0 Å². The van der Waals surface area contributed by atoms with Crippen molar-refractivity contribution in [1.82, 2.24) is 0 Å². The van der Waals surface area contributed by atoms with E-state index in [0.717, 1.165) is 0 Å². The number of hydrogen-bond donors (Lipinski definition) is 0. The fourth-order valence-corrected chi connectivity index (χ4v) is 2.01. The van der Waals surface area contributed by atoms with Gasteiger partial charge in [-0.1, -0.05) is 20.8 Å². The molecule has 0 aliphatic rings. The molecule has 0 unspecified atom stereocenters. The summed E-state index contributed by atoms with van der Waals surface area (Å²) in [5.41, 5.74) is 0. The summed E-state index contributed by atoms with van der Waals surface area (Å²) >= 11 is -0.637. The summed E-state index contributed by atoms with van der Waals surface area (Å²) in [6, 6.07) is 0. The SMILES string of the molecule is CCP(CC)CC.[CH3][In]([CH3])[CH3]. The fourth-order valence-electron chi connectivity index (χ4n) is 0.671. The van der Waals surface area contributed by atoms with Crippen LogP contribution in [0.2, 0.25) is 14.0 Å². The normalized spacial score (nSPS) is 9.00. The van der Waals surface area contributed by atoms with Crippen LogP contribution in [0.4, 0.5) is 0 Å². The van der Waals surface area contributed by atoms with Crippen molar-refractivity contribution in [2.45, 2.75) is 34.8 Å². The van der Waals surface area contributed by atoms with Crippen molar-refractivity contribution in [2.75, 3.05) is 18.5 Å². The summed E-state index contributed by atoms with van der Waals surface area (Å²) in [6.45, 7) is 6.87. The Morgan fingerprint density at radius 1 is 0.818 bits per heavy atom. The van der Waals surface area contributed by atoms with E-state index in [2.05, 4.69) is 34.8 Å². The minimum absolute atomic E-state index is 0.446. The van der Waals surface area contributed by atoms with E-state index in [1.807, 2.05) is 0 Å². The first-order valence-corrected chi connectivity index (χ1v) is 16.6. The summed E-state index contributed by atoms with van der Waals surface area (Å²) in [5, 5.41) is 0. The monoisotopic (exact) mass is 278 g/mol. The molecule has 0 N–H and O–H groups in total. The van der Waals surface area contributed by atoms with Gasteiger partial charge in [-0.2, -0.15) is 0 Å². The summed E-state index contributed by atoms with van der Waals surface area (Å²) in [6.07, 6.45) is 4.26. The summed E-state index contributed by atoms with van der Waals surface area (Å²) in [5.74, 6) is 0. The third kappa shape index (κ3) is 18.3. The predicted octanol–water partition coefficient (Wildman–Crippen LogP) is 3.90. The second kappa shape index (κ2) is 11.3. The molecule has 0 rings (SSSR count). The van der Waals surface area contributed by atoms with E-state index < -0.39 is 21.4 Å². The van der Waals surface area contributed by atoms with E-state index in [-0.39, 0.29) is 0 Å². The zero-order valence-corrected chi connectivity index (χ0v) is 13.3. The maximum atomic E-state index is 2.38. The van der Waals surface area contributed by atoms with Crippen molar-refractivity contribution in [2.24, 2.45) is 0 Å². The van der Waals surface area contributed by atoms with E-state index in [9.17, 15) is 0 Å². The Morgan fingerprint density at radius 3 is 1.00 bits per heavy atom. The number of hydrogen-bond acceptors (Lipinski definition) is 0. The third-order valence-electron chi connectivity index (χ3n) is 1.34. The first kappa shape index (κ1) is 14.8. The van der Waals surface area contributed by atoms with Crippen LogP contribution in [0.5, 0.6) is 0 Å². The van der Waals surface area contributed by atoms with Crippen LogP contribution in [0.15, 0.2) is 0 Å². The quantitative estimate of drug-likeness (QED) is 0.687. The molecule has 0 aliphatic carbocycles. The Labute approximate surface area is 82.4 Å². The molecule has 0 amide bonds. The van der Waals surface area contributed by atoms with Crippen LogP contribution in [0.1, 0.15) is 20.8 Å². The van der Waals surface area contributed by atoms with Gasteiger partial charge < -0.3 is 0 Å². The topological polar surface area (TPSA) is 0 Å². The molecule has 0 saturated heterocycles. The van der Waals surface area contributed by atoms with Gasteiger partial charge >= 0.3 is 35.5 Å². The van der Waals surface area contributed by atoms with Crippen molar-refractivity contribution < 1.29 is 0 Å². The first-order valence-electron chi connectivity index (χ1n) is 4.80. The van der Waals surface area contributed by atoms with Crippen molar-refractivity contribution in [3.63, 3.8) is 0 Å². The zero-order valence-electron chi connectivity index (χ0n) is 9.15. The van der Waals surface area contributed by atoms with Crippen LogP contribution in [0, 0.1) is 0 Å². The molecule has 0 spiro atoms. The Balaban J connectivity index is 0. The summed E-state index contributed by atoms with van der Waals surface area (Å²) in [7, 11) is 0.446. The van der Waals surface area contributed by atoms with Gasteiger partial charge in [0.1, 0.15) is 0 Å². The minimum atomic E-state index is -0.637. The van der Waals surface area contributed by atoms with Gasteiger partial charge in [-0.25, -0.2) is 0 Å². The van der Waals surface area contributed by atoms with Crippen LogP contribution in [-0.2, 0) is 0 Å². The molecule has 0 nitrogen and oxygen atoms in total. The van der Waals surface area contributed by atoms with E-state index in [1.165, 1.54) is 18.5 Å². The van der Waals surface area contributed by atoms with Gasteiger partial charge in [0.05, 0.1) is 0 Å². The van der Waals surface area contributed by atoms with Crippen LogP contribution >= 0.6 is 7.92 Å². The standard InChI is InChI=1S/C6H15P.3CH3.In/c1-4-7(5-2)6-3;;;;/h4-6H2,1-3H3;3*1H3;. The molecule has 0 fully saturated rings. The Hall–Kier alpha value is 1.30. The molecule has 0 aromatic carbocycles. The van der Waals surface area contributed by atoms with Crippen LogP contribution < -0.4 is 0 Å². The Kier molecular flexibility index (Phi) is 15.2. The molecule has 0 radical (unpaired) electrons. The van der Waals surface area contributed by atoms with Crippen molar-refractivity contribution in [3.8, 4) is 0 Å². The Morgan fingerprint density at radius 2 is 1.00 bits per heavy atom.